The van der Waals surface area contributed by atoms with Crippen LogP contribution in [0.1, 0.15) is 16.8 Å². The van der Waals surface area contributed by atoms with Crippen molar-refractivity contribution in [1.29, 1.82) is 0 Å². The first kappa shape index (κ1) is 14.7. The van der Waals surface area contributed by atoms with Crippen LogP contribution in [0.15, 0.2) is 18.2 Å². The molecule has 2 N–H and O–H groups in total. The molecule has 0 aliphatic heterocycles. The van der Waals surface area contributed by atoms with Crippen molar-refractivity contribution in [2.24, 2.45) is 0 Å². The number of hydrogen-bond acceptors (Lipinski definition) is 6. The molecule has 7 nitrogen and oxygen atoms in total. The molecule has 7 heteroatoms. The molecule has 0 fully saturated rings. The maximum atomic E-state index is 11.2. The van der Waals surface area contributed by atoms with E-state index in [-0.39, 0.29) is 11.5 Å². The van der Waals surface area contributed by atoms with E-state index in [2.05, 4.69) is 20.6 Å². The Morgan fingerprint density at radius 1 is 1.19 bits per heavy atom. The quantitative estimate of drug-likeness (QED) is 0.663. The lowest BCUT2D eigenvalue weighted by Crippen LogP contribution is -2.07. The molecule has 2 aromatic rings. The highest BCUT2D eigenvalue weighted by Crippen LogP contribution is 2.30. The lowest BCUT2D eigenvalue weighted by Gasteiger charge is -2.12. The van der Waals surface area contributed by atoms with E-state index < -0.39 is 4.92 Å². The van der Waals surface area contributed by atoms with E-state index in [9.17, 15) is 10.1 Å². The first-order valence-corrected chi connectivity index (χ1v) is 6.48. The zero-order valence-corrected chi connectivity index (χ0v) is 12.4. The molecule has 0 aliphatic carbocycles. The minimum atomic E-state index is -0.470. The molecule has 1 aromatic carbocycles. The van der Waals surface area contributed by atoms with Crippen molar-refractivity contribution in [3.8, 4) is 0 Å². The summed E-state index contributed by atoms with van der Waals surface area (Å²) in [5, 5.41) is 17.1. The van der Waals surface area contributed by atoms with Crippen LogP contribution < -0.4 is 10.6 Å². The van der Waals surface area contributed by atoms with Crippen LogP contribution in [0.3, 0.4) is 0 Å². The van der Waals surface area contributed by atoms with E-state index in [0.29, 0.717) is 11.6 Å². The fourth-order valence-corrected chi connectivity index (χ4v) is 2.00. The first-order chi connectivity index (χ1) is 9.93. The molecule has 2 rings (SSSR count). The third kappa shape index (κ3) is 2.91. The summed E-state index contributed by atoms with van der Waals surface area (Å²) in [6, 6.07) is 5.74. The minimum absolute atomic E-state index is 0.116. The lowest BCUT2D eigenvalue weighted by atomic mass is 10.1. The van der Waals surface area contributed by atoms with Gasteiger partial charge in [-0.05, 0) is 38.0 Å². The van der Waals surface area contributed by atoms with Crippen molar-refractivity contribution in [2.45, 2.75) is 20.8 Å². The number of nitrogens with one attached hydrogen (secondary N) is 2. The zero-order valence-electron chi connectivity index (χ0n) is 12.4. The fraction of sp³-hybridized carbons (Fsp3) is 0.286. The Balaban J connectivity index is 2.54. The largest absolute Gasteiger partial charge is 0.357 e. The Morgan fingerprint density at radius 2 is 1.90 bits per heavy atom. The summed E-state index contributed by atoms with van der Waals surface area (Å²) in [6.45, 7) is 5.53. The van der Waals surface area contributed by atoms with E-state index in [0.717, 1.165) is 16.8 Å². The van der Waals surface area contributed by atoms with E-state index in [4.69, 9.17) is 0 Å². The molecule has 21 heavy (non-hydrogen) atoms. The van der Waals surface area contributed by atoms with Crippen molar-refractivity contribution in [1.82, 2.24) is 9.97 Å². The number of benzene rings is 1. The molecule has 0 amide bonds. The molecule has 110 valence electrons. The third-order valence-corrected chi connectivity index (χ3v) is 3.32. The zero-order chi connectivity index (χ0) is 15.6. The lowest BCUT2D eigenvalue weighted by molar-refractivity contribution is -0.385. The van der Waals surface area contributed by atoms with Gasteiger partial charge in [-0.15, -0.1) is 0 Å². The maximum Gasteiger partial charge on any atom is 0.332 e. The molecule has 0 unspecified atom stereocenters. The molecule has 0 aliphatic rings. The van der Waals surface area contributed by atoms with Crippen LogP contribution in [0.5, 0.6) is 0 Å². The normalized spacial score (nSPS) is 10.3. The fourth-order valence-electron chi connectivity index (χ4n) is 2.00. The molecule has 0 saturated carbocycles. The van der Waals surface area contributed by atoms with Crippen LogP contribution in [0.4, 0.5) is 23.1 Å². The molecule has 1 heterocycles. The van der Waals surface area contributed by atoms with Gasteiger partial charge in [0.25, 0.3) is 0 Å². The minimum Gasteiger partial charge on any atom is -0.357 e. The Kier molecular flexibility index (Phi) is 4.02. The Morgan fingerprint density at radius 3 is 2.52 bits per heavy atom. The van der Waals surface area contributed by atoms with Crippen molar-refractivity contribution in [3.63, 3.8) is 0 Å². The van der Waals surface area contributed by atoms with Crippen molar-refractivity contribution in [2.75, 3.05) is 17.7 Å². The smallest absolute Gasteiger partial charge is 0.332 e. The summed E-state index contributed by atoms with van der Waals surface area (Å²) in [5.74, 6) is 0.524. The van der Waals surface area contributed by atoms with E-state index in [1.165, 1.54) is 0 Å². The number of hydrogen-bond donors (Lipinski definition) is 2. The van der Waals surface area contributed by atoms with Crippen molar-refractivity contribution in [3.05, 3.63) is 45.1 Å². The molecular formula is C14H17N5O2. The van der Waals surface area contributed by atoms with Gasteiger partial charge in [0.1, 0.15) is 5.69 Å². The highest BCUT2D eigenvalue weighted by Gasteiger charge is 2.22. The van der Waals surface area contributed by atoms with E-state index >= 15 is 0 Å². The van der Waals surface area contributed by atoms with Gasteiger partial charge >= 0.3 is 5.69 Å². The number of aromatic nitrogens is 2. The Bertz CT molecular complexity index is 700. The molecule has 0 radical (unpaired) electrons. The highest BCUT2D eigenvalue weighted by molar-refractivity contribution is 5.70. The van der Waals surface area contributed by atoms with E-state index in [1.54, 1.807) is 14.0 Å². The number of nitro groups is 1. The predicted molar refractivity (Wildman–Crippen MR) is 82.2 cm³/mol. The Hall–Kier alpha value is -2.70. The van der Waals surface area contributed by atoms with Crippen molar-refractivity contribution < 1.29 is 4.92 Å². The van der Waals surface area contributed by atoms with Gasteiger partial charge in [-0.2, -0.15) is 4.98 Å². The number of aryl methyl sites for hydroxylation is 2. The van der Waals surface area contributed by atoms with Crippen LogP contribution in [-0.4, -0.2) is 21.9 Å². The summed E-state index contributed by atoms with van der Waals surface area (Å²) in [6.07, 6.45) is 0. The standard InChI is InChI=1S/C14H17N5O2/c1-8-6-5-7-11(9(8)2)17-13-12(19(20)21)10(3)16-14(15-4)18-13/h5-7H,1-4H3,(H2,15,16,17,18). The summed E-state index contributed by atoms with van der Waals surface area (Å²) >= 11 is 0. The molecular weight excluding hydrogens is 270 g/mol. The summed E-state index contributed by atoms with van der Waals surface area (Å²) < 4.78 is 0. The van der Waals surface area contributed by atoms with Gasteiger partial charge in [0.2, 0.25) is 11.8 Å². The average Bonchev–Trinajstić information content (AvgIpc) is 2.42. The second-order valence-electron chi connectivity index (χ2n) is 4.71. The van der Waals surface area contributed by atoms with Crippen LogP contribution in [0.25, 0.3) is 0 Å². The highest BCUT2D eigenvalue weighted by atomic mass is 16.6. The first-order valence-electron chi connectivity index (χ1n) is 6.48. The van der Waals surface area contributed by atoms with Crippen LogP contribution in [0, 0.1) is 30.9 Å². The molecule has 0 bridgehead atoms. The van der Waals surface area contributed by atoms with Gasteiger partial charge in [0, 0.05) is 12.7 Å². The van der Waals surface area contributed by atoms with Gasteiger partial charge in [0.05, 0.1) is 4.92 Å². The SMILES string of the molecule is CNc1nc(C)c([N+](=O)[O-])c(Nc2cccc(C)c2C)n1. The number of nitrogens with zero attached hydrogens (tertiary/aromatic N) is 3. The molecule has 0 atom stereocenters. The molecule has 1 aromatic heterocycles. The second-order valence-corrected chi connectivity index (χ2v) is 4.71. The summed E-state index contributed by atoms with van der Waals surface area (Å²) in [5.41, 5.74) is 3.11. The van der Waals surface area contributed by atoms with Gasteiger partial charge in [-0.25, -0.2) is 4.98 Å². The number of anilines is 3. The average molecular weight is 287 g/mol. The van der Waals surface area contributed by atoms with Crippen LogP contribution >= 0.6 is 0 Å². The molecule has 0 spiro atoms. The molecule has 0 saturated heterocycles. The van der Waals surface area contributed by atoms with Gasteiger partial charge in [-0.1, -0.05) is 12.1 Å². The van der Waals surface area contributed by atoms with E-state index in [1.807, 2.05) is 32.0 Å². The van der Waals surface area contributed by atoms with Crippen molar-refractivity contribution >= 4 is 23.1 Å². The summed E-state index contributed by atoms with van der Waals surface area (Å²) in [4.78, 5) is 19.0. The summed E-state index contributed by atoms with van der Waals surface area (Å²) in [7, 11) is 1.67. The number of rotatable bonds is 4. The van der Waals surface area contributed by atoms with Crippen LogP contribution in [-0.2, 0) is 0 Å². The van der Waals surface area contributed by atoms with Crippen LogP contribution in [0.2, 0.25) is 0 Å². The predicted octanol–water partition coefficient (Wildman–Crippen LogP) is 3.10. The van der Waals surface area contributed by atoms with Gasteiger partial charge < -0.3 is 10.6 Å². The van der Waals surface area contributed by atoms with Gasteiger partial charge in [-0.3, -0.25) is 10.1 Å². The Labute approximate surface area is 122 Å². The van der Waals surface area contributed by atoms with Gasteiger partial charge in [0.15, 0.2) is 0 Å². The topological polar surface area (TPSA) is 93.0 Å². The third-order valence-electron chi connectivity index (χ3n) is 3.32. The monoisotopic (exact) mass is 287 g/mol. The maximum absolute atomic E-state index is 11.2. The second kappa shape index (κ2) is 5.74.